The average Bonchev–Trinajstić information content (AvgIpc) is 2.50. The van der Waals surface area contributed by atoms with Gasteiger partial charge in [0, 0.05) is 18.1 Å². The van der Waals surface area contributed by atoms with Crippen molar-refractivity contribution in [3.63, 3.8) is 0 Å². The summed E-state index contributed by atoms with van der Waals surface area (Å²) >= 11 is 0. The van der Waals surface area contributed by atoms with E-state index in [1.165, 1.54) is 17.7 Å². The van der Waals surface area contributed by atoms with Gasteiger partial charge in [-0.1, -0.05) is 25.1 Å². The molecule has 1 nitrogen and oxygen atoms in total. The highest BCUT2D eigenvalue weighted by Crippen LogP contribution is 2.22. The van der Waals surface area contributed by atoms with Gasteiger partial charge in [0.05, 0.1) is 6.42 Å². The first-order chi connectivity index (χ1) is 5.92. The standard InChI is InChI=1S/C11H14N/c1-2-8-12-9-7-10-5-3-4-6-11(10)12/h3-6,9H,2,7-8H2,1H3/q+1. The number of hydrogen-bond donors (Lipinski definition) is 0. The van der Waals surface area contributed by atoms with Crippen molar-refractivity contribution in [3.05, 3.63) is 29.8 Å². The maximum Gasteiger partial charge on any atom is 0.208 e. The lowest BCUT2D eigenvalue weighted by Gasteiger charge is -1.96. The van der Waals surface area contributed by atoms with Crippen molar-refractivity contribution < 1.29 is 4.58 Å². The van der Waals surface area contributed by atoms with Crippen LogP contribution in [-0.2, 0) is 6.42 Å². The van der Waals surface area contributed by atoms with Crippen molar-refractivity contribution in [2.75, 3.05) is 6.54 Å². The fourth-order valence-corrected chi connectivity index (χ4v) is 1.72. The lowest BCUT2D eigenvalue weighted by atomic mass is 10.1. The molecular formula is C11H14N+. The van der Waals surface area contributed by atoms with E-state index in [1.54, 1.807) is 0 Å². The van der Waals surface area contributed by atoms with Crippen LogP contribution in [0.1, 0.15) is 18.9 Å². The zero-order valence-corrected chi connectivity index (χ0v) is 7.46. The molecule has 62 valence electrons. The minimum atomic E-state index is 1.11. The molecule has 0 saturated carbocycles. The van der Waals surface area contributed by atoms with Crippen LogP contribution in [-0.4, -0.2) is 17.3 Å². The first kappa shape index (κ1) is 7.53. The van der Waals surface area contributed by atoms with Gasteiger partial charge in [0.25, 0.3) is 0 Å². The summed E-state index contributed by atoms with van der Waals surface area (Å²) in [5.41, 5.74) is 2.87. The van der Waals surface area contributed by atoms with E-state index in [4.69, 9.17) is 0 Å². The Morgan fingerprint density at radius 3 is 3.00 bits per heavy atom. The zero-order valence-electron chi connectivity index (χ0n) is 7.46. The maximum absolute atomic E-state index is 2.36. The Hall–Kier alpha value is -1.11. The summed E-state index contributed by atoms with van der Waals surface area (Å²) in [6.07, 6.45) is 4.61. The molecule has 0 unspecified atom stereocenters. The highest BCUT2D eigenvalue weighted by Gasteiger charge is 2.18. The molecule has 1 heterocycles. The number of nitrogens with zero attached hydrogens (tertiary/aromatic N) is 1. The van der Waals surface area contributed by atoms with Crippen LogP contribution in [0.15, 0.2) is 24.3 Å². The topological polar surface area (TPSA) is 3.01 Å². The van der Waals surface area contributed by atoms with Gasteiger partial charge in [-0.05, 0) is 0 Å². The summed E-state index contributed by atoms with van der Waals surface area (Å²) in [6.45, 7) is 3.37. The molecular weight excluding hydrogens is 146 g/mol. The van der Waals surface area contributed by atoms with Crippen LogP contribution in [0.2, 0.25) is 0 Å². The number of fused-ring (bicyclic) bond motifs is 1. The quantitative estimate of drug-likeness (QED) is 0.584. The van der Waals surface area contributed by atoms with Crippen LogP contribution in [0.3, 0.4) is 0 Å². The molecule has 1 aromatic carbocycles. The lowest BCUT2D eigenvalue weighted by molar-refractivity contribution is -0.432. The van der Waals surface area contributed by atoms with E-state index in [0.29, 0.717) is 0 Å². The van der Waals surface area contributed by atoms with Gasteiger partial charge in [0.1, 0.15) is 12.8 Å². The van der Waals surface area contributed by atoms with Gasteiger partial charge in [-0.3, -0.25) is 0 Å². The summed E-state index contributed by atoms with van der Waals surface area (Å²) < 4.78 is 2.36. The Morgan fingerprint density at radius 1 is 1.33 bits per heavy atom. The molecule has 0 N–H and O–H groups in total. The Bertz CT molecular complexity index is 313. The Kier molecular flexibility index (Phi) is 1.94. The lowest BCUT2D eigenvalue weighted by Crippen LogP contribution is -2.03. The van der Waals surface area contributed by atoms with Crippen LogP contribution in [0, 0.1) is 0 Å². The number of rotatable bonds is 2. The first-order valence-corrected chi connectivity index (χ1v) is 4.59. The molecule has 12 heavy (non-hydrogen) atoms. The predicted molar refractivity (Wildman–Crippen MR) is 51.3 cm³/mol. The SMILES string of the molecule is CCC[N+]1=CCc2ccccc21. The van der Waals surface area contributed by atoms with Crippen LogP contribution in [0.25, 0.3) is 0 Å². The third kappa shape index (κ3) is 1.15. The third-order valence-corrected chi connectivity index (χ3v) is 2.30. The number of para-hydroxylation sites is 1. The molecule has 1 aliphatic heterocycles. The van der Waals surface area contributed by atoms with Gasteiger partial charge >= 0.3 is 0 Å². The minimum Gasteiger partial charge on any atom is -0.202 e. The van der Waals surface area contributed by atoms with Gasteiger partial charge in [-0.25, -0.2) is 4.58 Å². The molecule has 1 aromatic rings. The van der Waals surface area contributed by atoms with Gasteiger partial charge in [0.15, 0.2) is 0 Å². The molecule has 0 saturated heterocycles. The van der Waals surface area contributed by atoms with E-state index in [-0.39, 0.29) is 0 Å². The summed E-state index contributed by atoms with van der Waals surface area (Å²) in [5.74, 6) is 0. The van der Waals surface area contributed by atoms with Crippen molar-refractivity contribution in [1.29, 1.82) is 0 Å². The Balaban J connectivity index is 2.32. The minimum absolute atomic E-state index is 1.11. The molecule has 1 aliphatic rings. The zero-order chi connectivity index (χ0) is 8.39. The second-order valence-electron chi connectivity index (χ2n) is 3.21. The highest BCUT2D eigenvalue weighted by molar-refractivity contribution is 5.66. The van der Waals surface area contributed by atoms with Crippen LogP contribution in [0.4, 0.5) is 5.69 Å². The molecule has 0 atom stereocenters. The molecule has 0 aromatic heterocycles. The summed E-state index contributed by atoms with van der Waals surface area (Å²) in [7, 11) is 0. The normalized spacial score (nSPS) is 14.2. The molecule has 0 amide bonds. The molecule has 0 aliphatic carbocycles. The monoisotopic (exact) mass is 160 g/mol. The van der Waals surface area contributed by atoms with Gasteiger partial charge in [-0.2, -0.15) is 0 Å². The van der Waals surface area contributed by atoms with E-state index in [9.17, 15) is 0 Å². The molecule has 0 fully saturated rings. The van der Waals surface area contributed by atoms with E-state index < -0.39 is 0 Å². The van der Waals surface area contributed by atoms with Gasteiger partial charge in [0.2, 0.25) is 5.69 Å². The van der Waals surface area contributed by atoms with E-state index in [2.05, 4.69) is 42.0 Å². The number of benzene rings is 1. The molecule has 0 bridgehead atoms. The Morgan fingerprint density at radius 2 is 2.17 bits per heavy atom. The second kappa shape index (κ2) is 3.10. The average molecular weight is 160 g/mol. The van der Waals surface area contributed by atoms with E-state index >= 15 is 0 Å². The van der Waals surface area contributed by atoms with E-state index in [0.717, 1.165) is 13.0 Å². The van der Waals surface area contributed by atoms with Crippen molar-refractivity contribution >= 4 is 11.9 Å². The molecule has 0 spiro atoms. The van der Waals surface area contributed by atoms with Crippen molar-refractivity contribution in [1.82, 2.24) is 0 Å². The van der Waals surface area contributed by atoms with Crippen LogP contribution >= 0.6 is 0 Å². The van der Waals surface area contributed by atoms with Crippen molar-refractivity contribution in [2.45, 2.75) is 19.8 Å². The predicted octanol–water partition coefficient (Wildman–Crippen LogP) is 2.37. The van der Waals surface area contributed by atoms with Crippen LogP contribution in [0.5, 0.6) is 0 Å². The van der Waals surface area contributed by atoms with Crippen LogP contribution < -0.4 is 0 Å². The Labute approximate surface area is 73.4 Å². The number of hydrogen-bond acceptors (Lipinski definition) is 0. The summed E-state index contributed by atoms with van der Waals surface area (Å²) in [6, 6.07) is 8.64. The largest absolute Gasteiger partial charge is 0.208 e. The molecule has 0 radical (unpaired) electrons. The van der Waals surface area contributed by atoms with Gasteiger partial charge < -0.3 is 0 Å². The smallest absolute Gasteiger partial charge is 0.202 e. The van der Waals surface area contributed by atoms with E-state index in [1.807, 2.05) is 0 Å². The summed E-state index contributed by atoms with van der Waals surface area (Å²) in [4.78, 5) is 0. The van der Waals surface area contributed by atoms with Crippen molar-refractivity contribution in [3.8, 4) is 0 Å². The third-order valence-electron chi connectivity index (χ3n) is 2.30. The second-order valence-corrected chi connectivity index (χ2v) is 3.21. The molecule has 2 rings (SSSR count). The maximum atomic E-state index is 2.36. The highest BCUT2D eigenvalue weighted by atomic mass is 15.0. The summed E-state index contributed by atoms with van der Waals surface area (Å²) in [5, 5.41) is 0. The first-order valence-electron chi connectivity index (χ1n) is 4.59. The van der Waals surface area contributed by atoms with Gasteiger partial charge in [-0.15, -0.1) is 0 Å². The fraction of sp³-hybridized carbons (Fsp3) is 0.364. The van der Waals surface area contributed by atoms with Crippen molar-refractivity contribution in [2.24, 2.45) is 0 Å². The molecule has 1 heteroatoms. The fourth-order valence-electron chi connectivity index (χ4n) is 1.72.